The number of ketones is 1. The van der Waals surface area contributed by atoms with Gasteiger partial charge in [-0.2, -0.15) is 0 Å². The number of amides is 1. The van der Waals surface area contributed by atoms with Crippen LogP contribution >= 0.6 is 0 Å². The van der Waals surface area contributed by atoms with Crippen molar-refractivity contribution in [1.29, 1.82) is 0 Å². The van der Waals surface area contributed by atoms with Crippen molar-refractivity contribution in [3.8, 4) is 11.5 Å². The fraction of sp³-hybridized carbons (Fsp3) is 0.273. The summed E-state index contributed by atoms with van der Waals surface area (Å²) in [5.74, 6) is 1.09. The van der Waals surface area contributed by atoms with Gasteiger partial charge in [0.15, 0.2) is 5.78 Å². The van der Waals surface area contributed by atoms with Gasteiger partial charge < -0.3 is 14.2 Å². The topological polar surface area (TPSA) is 65.1 Å². The predicted octanol–water partition coefficient (Wildman–Crippen LogP) is 3.68. The second kappa shape index (κ2) is 7.76. The summed E-state index contributed by atoms with van der Waals surface area (Å²) in [4.78, 5) is 27.3. The maximum Gasteiger partial charge on any atom is 0.261 e. The summed E-state index contributed by atoms with van der Waals surface area (Å²) < 4.78 is 16.0. The zero-order chi connectivity index (χ0) is 20.3. The average Bonchev–Trinajstić information content (AvgIpc) is 3.01. The molecule has 28 heavy (non-hydrogen) atoms. The van der Waals surface area contributed by atoms with Crippen molar-refractivity contribution in [3.63, 3.8) is 0 Å². The zero-order valence-electron chi connectivity index (χ0n) is 16.4. The molecular formula is C22H23NO5. The molecular weight excluding hydrogens is 358 g/mol. The first kappa shape index (κ1) is 19.5. The van der Waals surface area contributed by atoms with Crippen LogP contribution in [0.1, 0.15) is 34.6 Å². The molecule has 146 valence electrons. The Bertz CT molecular complexity index is 898. The van der Waals surface area contributed by atoms with Gasteiger partial charge in [-0.1, -0.05) is 0 Å². The second-order valence-corrected chi connectivity index (χ2v) is 7.05. The smallest absolute Gasteiger partial charge is 0.261 e. The van der Waals surface area contributed by atoms with E-state index in [9.17, 15) is 9.59 Å². The molecule has 2 aromatic rings. The number of benzene rings is 2. The quantitative estimate of drug-likeness (QED) is 0.584. The van der Waals surface area contributed by atoms with Crippen molar-refractivity contribution in [2.45, 2.75) is 19.4 Å². The van der Waals surface area contributed by atoms with Crippen molar-refractivity contribution < 1.29 is 23.8 Å². The van der Waals surface area contributed by atoms with E-state index in [-0.39, 0.29) is 17.6 Å². The van der Waals surface area contributed by atoms with Crippen LogP contribution in [0.4, 0.5) is 0 Å². The SMILES string of the molecule is COc1ccc(C(=O)/C=C2\OCC(C)(C)N2C(=O)c2ccc(OC)cc2)cc1. The molecule has 0 N–H and O–H groups in total. The van der Waals surface area contributed by atoms with E-state index in [2.05, 4.69) is 0 Å². The minimum Gasteiger partial charge on any atom is -0.497 e. The molecule has 1 saturated heterocycles. The van der Waals surface area contributed by atoms with Gasteiger partial charge in [-0.15, -0.1) is 0 Å². The van der Waals surface area contributed by atoms with Gasteiger partial charge in [0, 0.05) is 17.2 Å². The van der Waals surface area contributed by atoms with Crippen molar-refractivity contribution in [2.24, 2.45) is 0 Å². The Labute approximate surface area is 164 Å². The predicted molar refractivity (Wildman–Crippen MR) is 105 cm³/mol. The van der Waals surface area contributed by atoms with Gasteiger partial charge in [0.1, 0.15) is 18.1 Å². The average molecular weight is 381 g/mol. The maximum atomic E-state index is 13.1. The number of carbonyl (C=O) groups is 2. The number of allylic oxidation sites excluding steroid dienone is 1. The largest absolute Gasteiger partial charge is 0.497 e. The summed E-state index contributed by atoms with van der Waals surface area (Å²) in [5, 5.41) is 0. The third-order valence-corrected chi connectivity index (χ3v) is 4.57. The Hall–Kier alpha value is -3.28. The highest BCUT2D eigenvalue weighted by Crippen LogP contribution is 2.32. The summed E-state index contributed by atoms with van der Waals surface area (Å²) in [7, 11) is 3.13. The summed E-state index contributed by atoms with van der Waals surface area (Å²) in [6, 6.07) is 13.6. The summed E-state index contributed by atoms with van der Waals surface area (Å²) >= 11 is 0. The molecule has 3 rings (SSSR count). The molecule has 0 unspecified atom stereocenters. The highest BCUT2D eigenvalue weighted by Gasteiger charge is 2.42. The Balaban J connectivity index is 1.89. The Morgan fingerprint density at radius 1 is 0.929 bits per heavy atom. The minimum atomic E-state index is -0.580. The Morgan fingerprint density at radius 3 is 1.93 bits per heavy atom. The van der Waals surface area contributed by atoms with Crippen LogP contribution in [-0.2, 0) is 4.74 Å². The lowest BCUT2D eigenvalue weighted by atomic mass is 10.0. The van der Waals surface area contributed by atoms with Gasteiger partial charge in [0.2, 0.25) is 5.88 Å². The number of hydrogen-bond acceptors (Lipinski definition) is 5. The number of carbonyl (C=O) groups excluding carboxylic acids is 2. The van der Waals surface area contributed by atoms with Crippen molar-refractivity contribution in [1.82, 2.24) is 4.90 Å². The second-order valence-electron chi connectivity index (χ2n) is 7.05. The van der Waals surface area contributed by atoms with Gasteiger partial charge in [0.25, 0.3) is 5.91 Å². The van der Waals surface area contributed by atoms with Gasteiger partial charge >= 0.3 is 0 Å². The molecule has 1 aliphatic rings. The van der Waals surface area contributed by atoms with Crippen LogP contribution in [0.15, 0.2) is 60.5 Å². The van der Waals surface area contributed by atoms with Gasteiger partial charge in [-0.25, -0.2) is 0 Å². The lowest BCUT2D eigenvalue weighted by Crippen LogP contribution is -2.43. The monoisotopic (exact) mass is 381 g/mol. The summed E-state index contributed by atoms with van der Waals surface area (Å²) in [6.45, 7) is 4.09. The molecule has 6 nitrogen and oxygen atoms in total. The zero-order valence-corrected chi connectivity index (χ0v) is 16.4. The number of ether oxygens (including phenoxy) is 3. The van der Waals surface area contributed by atoms with E-state index in [1.807, 2.05) is 13.8 Å². The van der Waals surface area contributed by atoms with Crippen molar-refractivity contribution >= 4 is 11.7 Å². The van der Waals surface area contributed by atoms with Crippen LogP contribution < -0.4 is 9.47 Å². The number of nitrogens with zero attached hydrogens (tertiary/aromatic N) is 1. The third kappa shape index (κ3) is 3.86. The molecule has 0 bridgehead atoms. The fourth-order valence-corrected chi connectivity index (χ4v) is 2.97. The molecule has 0 aromatic heterocycles. The molecule has 0 atom stereocenters. The minimum absolute atomic E-state index is 0.237. The molecule has 0 aliphatic carbocycles. The molecule has 1 fully saturated rings. The fourth-order valence-electron chi connectivity index (χ4n) is 2.97. The molecule has 1 aliphatic heterocycles. The normalized spacial score (nSPS) is 16.6. The maximum absolute atomic E-state index is 13.1. The summed E-state index contributed by atoms with van der Waals surface area (Å²) in [5.41, 5.74) is 0.392. The van der Waals surface area contributed by atoms with Crippen LogP contribution in [-0.4, -0.2) is 43.0 Å². The van der Waals surface area contributed by atoms with Crippen molar-refractivity contribution in [2.75, 3.05) is 20.8 Å². The van der Waals surface area contributed by atoms with E-state index in [0.29, 0.717) is 29.2 Å². The molecule has 0 spiro atoms. The van der Waals surface area contributed by atoms with Crippen LogP contribution in [0.5, 0.6) is 11.5 Å². The van der Waals surface area contributed by atoms with E-state index >= 15 is 0 Å². The molecule has 1 amide bonds. The lowest BCUT2D eigenvalue weighted by Gasteiger charge is -2.28. The highest BCUT2D eigenvalue weighted by atomic mass is 16.5. The van der Waals surface area contributed by atoms with E-state index in [1.165, 1.54) is 11.0 Å². The van der Waals surface area contributed by atoms with E-state index in [4.69, 9.17) is 14.2 Å². The van der Waals surface area contributed by atoms with Crippen LogP contribution in [0.25, 0.3) is 0 Å². The van der Waals surface area contributed by atoms with E-state index in [0.717, 1.165) is 0 Å². The molecule has 6 heteroatoms. The van der Waals surface area contributed by atoms with Crippen molar-refractivity contribution in [3.05, 3.63) is 71.6 Å². The molecule has 2 aromatic carbocycles. The molecule has 0 radical (unpaired) electrons. The first-order valence-electron chi connectivity index (χ1n) is 8.87. The van der Waals surface area contributed by atoms with Crippen LogP contribution in [0.3, 0.4) is 0 Å². The third-order valence-electron chi connectivity index (χ3n) is 4.57. The van der Waals surface area contributed by atoms with Crippen LogP contribution in [0.2, 0.25) is 0 Å². The first-order chi connectivity index (χ1) is 13.4. The van der Waals surface area contributed by atoms with E-state index in [1.54, 1.807) is 62.8 Å². The van der Waals surface area contributed by atoms with Gasteiger partial charge in [-0.05, 0) is 62.4 Å². The number of methoxy groups -OCH3 is 2. The number of rotatable bonds is 5. The Morgan fingerprint density at radius 2 is 1.43 bits per heavy atom. The number of hydrogen-bond donors (Lipinski definition) is 0. The van der Waals surface area contributed by atoms with Gasteiger partial charge in [0.05, 0.1) is 19.8 Å². The van der Waals surface area contributed by atoms with E-state index < -0.39 is 5.54 Å². The molecule has 0 saturated carbocycles. The highest BCUT2D eigenvalue weighted by molar-refractivity contribution is 6.05. The summed E-state index contributed by atoms with van der Waals surface area (Å²) in [6.07, 6.45) is 1.36. The standard InChI is InChI=1S/C22H23NO5/c1-22(2)14-28-20(13-19(24)15-5-9-17(26-3)10-6-15)23(22)21(25)16-7-11-18(27-4)12-8-16/h5-13H,14H2,1-4H3/b20-13-. The van der Waals surface area contributed by atoms with Crippen LogP contribution in [0, 0.1) is 0 Å². The first-order valence-corrected chi connectivity index (χ1v) is 8.87. The Kier molecular flexibility index (Phi) is 5.40. The van der Waals surface area contributed by atoms with Gasteiger partial charge in [-0.3, -0.25) is 14.5 Å². The lowest BCUT2D eigenvalue weighted by molar-refractivity contribution is 0.0709. The molecule has 1 heterocycles.